The van der Waals surface area contributed by atoms with Gasteiger partial charge in [0, 0.05) is 18.3 Å². The molecular weight excluding hydrogens is 222 g/mol. The molecular formula is C16H21NO. The predicted molar refractivity (Wildman–Crippen MR) is 74.5 cm³/mol. The predicted octanol–water partition coefficient (Wildman–Crippen LogP) is 3.67. The molecule has 0 spiro atoms. The van der Waals surface area contributed by atoms with E-state index in [0.717, 1.165) is 18.0 Å². The molecule has 0 aliphatic heterocycles. The Hall–Kier alpha value is -1.28. The second-order valence-electron chi connectivity index (χ2n) is 6.10. The summed E-state index contributed by atoms with van der Waals surface area (Å²) in [6.45, 7) is 4.81. The quantitative estimate of drug-likeness (QED) is 0.874. The number of hydrogen-bond donors (Lipinski definition) is 1. The molecule has 2 nitrogen and oxygen atoms in total. The van der Waals surface area contributed by atoms with E-state index in [1.54, 1.807) is 0 Å². The standard InChI is InChI=1S/C16H21NO/c1-16(2,18)14-7-6-13-8-9-17(15(13)10-14)11-12-4-3-5-12/h6-10,12,18H,3-5,11H2,1-2H3. The summed E-state index contributed by atoms with van der Waals surface area (Å²) in [6.07, 6.45) is 6.30. The van der Waals surface area contributed by atoms with Gasteiger partial charge in [0.15, 0.2) is 0 Å². The minimum Gasteiger partial charge on any atom is -0.386 e. The number of nitrogens with zero attached hydrogens (tertiary/aromatic N) is 1. The van der Waals surface area contributed by atoms with E-state index in [-0.39, 0.29) is 0 Å². The van der Waals surface area contributed by atoms with E-state index in [1.807, 2.05) is 19.9 Å². The molecule has 1 aliphatic carbocycles. The third-order valence-corrected chi connectivity index (χ3v) is 4.16. The van der Waals surface area contributed by atoms with E-state index in [2.05, 4.69) is 29.0 Å². The van der Waals surface area contributed by atoms with Crippen molar-refractivity contribution in [1.29, 1.82) is 0 Å². The zero-order valence-corrected chi connectivity index (χ0v) is 11.2. The van der Waals surface area contributed by atoms with Crippen LogP contribution in [0.15, 0.2) is 30.5 Å². The lowest BCUT2D eigenvalue weighted by Gasteiger charge is -2.26. The van der Waals surface area contributed by atoms with Gasteiger partial charge in [-0.15, -0.1) is 0 Å². The Balaban J connectivity index is 1.99. The van der Waals surface area contributed by atoms with Gasteiger partial charge in [0.25, 0.3) is 0 Å². The van der Waals surface area contributed by atoms with Gasteiger partial charge in [0.05, 0.1) is 5.60 Å². The lowest BCUT2D eigenvalue weighted by atomic mass is 9.85. The highest BCUT2D eigenvalue weighted by atomic mass is 16.3. The highest BCUT2D eigenvalue weighted by Gasteiger charge is 2.20. The summed E-state index contributed by atoms with van der Waals surface area (Å²) in [6, 6.07) is 8.44. The first-order valence-corrected chi connectivity index (χ1v) is 6.86. The van der Waals surface area contributed by atoms with Crippen LogP contribution in [0.25, 0.3) is 10.9 Å². The molecule has 1 aromatic carbocycles. The SMILES string of the molecule is CC(C)(O)c1ccc2ccn(CC3CCC3)c2c1. The van der Waals surface area contributed by atoms with Crippen LogP contribution in [0, 0.1) is 5.92 Å². The topological polar surface area (TPSA) is 25.2 Å². The maximum atomic E-state index is 10.1. The van der Waals surface area contributed by atoms with Crippen molar-refractivity contribution in [3.05, 3.63) is 36.0 Å². The molecule has 0 unspecified atom stereocenters. The molecule has 1 saturated carbocycles. The number of hydrogen-bond acceptors (Lipinski definition) is 1. The van der Waals surface area contributed by atoms with Crippen molar-refractivity contribution in [2.24, 2.45) is 5.92 Å². The third-order valence-electron chi connectivity index (χ3n) is 4.16. The fourth-order valence-electron chi connectivity index (χ4n) is 2.68. The van der Waals surface area contributed by atoms with Crippen molar-refractivity contribution in [2.75, 3.05) is 0 Å². The van der Waals surface area contributed by atoms with Gasteiger partial charge in [-0.1, -0.05) is 18.6 Å². The van der Waals surface area contributed by atoms with Crippen molar-refractivity contribution in [2.45, 2.75) is 45.3 Å². The highest BCUT2D eigenvalue weighted by molar-refractivity contribution is 5.81. The second-order valence-corrected chi connectivity index (χ2v) is 6.10. The Labute approximate surface area is 108 Å². The maximum absolute atomic E-state index is 10.1. The van der Waals surface area contributed by atoms with Crippen LogP contribution < -0.4 is 0 Å². The molecule has 18 heavy (non-hydrogen) atoms. The molecule has 96 valence electrons. The Morgan fingerprint density at radius 3 is 2.67 bits per heavy atom. The second kappa shape index (κ2) is 4.13. The van der Waals surface area contributed by atoms with E-state index >= 15 is 0 Å². The largest absolute Gasteiger partial charge is 0.386 e. The minimum atomic E-state index is -0.764. The Morgan fingerprint density at radius 1 is 1.28 bits per heavy atom. The molecule has 0 bridgehead atoms. The first kappa shape index (κ1) is 11.8. The number of fused-ring (bicyclic) bond motifs is 1. The first-order chi connectivity index (χ1) is 8.54. The molecule has 1 N–H and O–H groups in total. The van der Waals surface area contributed by atoms with Crippen LogP contribution in [-0.4, -0.2) is 9.67 Å². The minimum absolute atomic E-state index is 0.764. The molecule has 1 aliphatic rings. The van der Waals surface area contributed by atoms with Crippen molar-refractivity contribution in [3.63, 3.8) is 0 Å². The Bertz CT molecular complexity index is 558. The van der Waals surface area contributed by atoms with Crippen LogP contribution in [0.3, 0.4) is 0 Å². The van der Waals surface area contributed by atoms with Gasteiger partial charge in [-0.3, -0.25) is 0 Å². The zero-order chi connectivity index (χ0) is 12.8. The van der Waals surface area contributed by atoms with Crippen LogP contribution in [0.1, 0.15) is 38.7 Å². The summed E-state index contributed by atoms with van der Waals surface area (Å²) < 4.78 is 2.34. The fraction of sp³-hybridized carbons (Fsp3) is 0.500. The number of aromatic nitrogens is 1. The molecule has 2 heteroatoms. The summed E-state index contributed by atoms with van der Waals surface area (Å²) in [5.41, 5.74) is 1.48. The van der Waals surface area contributed by atoms with Gasteiger partial charge in [0.2, 0.25) is 0 Å². The van der Waals surface area contributed by atoms with Gasteiger partial charge in [-0.25, -0.2) is 0 Å². The van der Waals surface area contributed by atoms with Crippen LogP contribution in [0.2, 0.25) is 0 Å². The van der Waals surface area contributed by atoms with Gasteiger partial charge >= 0.3 is 0 Å². The average molecular weight is 243 g/mol. The van der Waals surface area contributed by atoms with Crippen LogP contribution >= 0.6 is 0 Å². The average Bonchev–Trinajstić information content (AvgIpc) is 2.64. The molecule has 1 aromatic heterocycles. The lowest BCUT2D eigenvalue weighted by molar-refractivity contribution is 0.0787. The first-order valence-electron chi connectivity index (χ1n) is 6.86. The van der Waals surface area contributed by atoms with E-state index in [0.29, 0.717) is 0 Å². The van der Waals surface area contributed by atoms with E-state index < -0.39 is 5.60 Å². The number of aliphatic hydroxyl groups is 1. The van der Waals surface area contributed by atoms with Crippen LogP contribution in [0.4, 0.5) is 0 Å². The summed E-state index contributed by atoms with van der Waals surface area (Å²) >= 11 is 0. The van der Waals surface area contributed by atoms with Gasteiger partial charge in [-0.2, -0.15) is 0 Å². The number of rotatable bonds is 3. The third kappa shape index (κ3) is 2.05. The smallest absolute Gasteiger partial charge is 0.0841 e. The van der Waals surface area contributed by atoms with Crippen molar-refractivity contribution in [1.82, 2.24) is 4.57 Å². The highest BCUT2D eigenvalue weighted by Crippen LogP contribution is 2.30. The van der Waals surface area contributed by atoms with Crippen molar-refractivity contribution < 1.29 is 5.11 Å². The summed E-state index contributed by atoms with van der Waals surface area (Å²) in [7, 11) is 0. The fourth-order valence-corrected chi connectivity index (χ4v) is 2.68. The van der Waals surface area contributed by atoms with E-state index in [9.17, 15) is 5.11 Å². The number of benzene rings is 1. The molecule has 0 radical (unpaired) electrons. The Kier molecular flexibility index (Phi) is 2.70. The zero-order valence-electron chi connectivity index (χ0n) is 11.2. The van der Waals surface area contributed by atoms with Crippen LogP contribution in [-0.2, 0) is 12.1 Å². The monoisotopic (exact) mass is 243 g/mol. The lowest BCUT2D eigenvalue weighted by Crippen LogP contribution is -2.18. The van der Waals surface area contributed by atoms with E-state index in [4.69, 9.17) is 0 Å². The summed E-state index contributed by atoms with van der Waals surface area (Å²) in [4.78, 5) is 0. The van der Waals surface area contributed by atoms with Gasteiger partial charge in [-0.05, 0) is 55.7 Å². The van der Waals surface area contributed by atoms with E-state index in [1.165, 1.54) is 30.2 Å². The normalized spacial score (nSPS) is 17.1. The maximum Gasteiger partial charge on any atom is 0.0841 e. The van der Waals surface area contributed by atoms with Crippen molar-refractivity contribution >= 4 is 10.9 Å². The van der Waals surface area contributed by atoms with Gasteiger partial charge in [0.1, 0.15) is 0 Å². The summed E-state index contributed by atoms with van der Waals surface area (Å²) in [5, 5.41) is 11.4. The molecule has 0 saturated heterocycles. The molecule has 1 fully saturated rings. The van der Waals surface area contributed by atoms with Crippen LogP contribution in [0.5, 0.6) is 0 Å². The molecule has 1 heterocycles. The molecule has 0 atom stereocenters. The molecule has 2 aromatic rings. The van der Waals surface area contributed by atoms with Crippen molar-refractivity contribution in [3.8, 4) is 0 Å². The molecule has 0 amide bonds. The summed E-state index contributed by atoms with van der Waals surface area (Å²) in [5.74, 6) is 0.853. The Morgan fingerprint density at radius 2 is 2.06 bits per heavy atom. The molecule has 3 rings (SSSR count). The van der Waals surface area contributed by atoms with Gasteiger partial charge < -0.3 is 9.67 Å².